The molecule has 1 aliphatic rings. The van der Waals surface area contributed by atoms with Crippen LogP contribution in [0, 0.1) is 0 Å². The van der Waals surface area contributed by atoms with E-state index < -0.39 is 6.61 Å². The van der Waals surface area contributed by atoms with E-state index in [1.165, 1.54) is 0 Å². The fourth-order valence-corrected chi connectivity index (χ4v) is 4.10. The van der Waals surface area contributed by atoms with Crippen LogP contribution in [0.2, 0.25) is 10.0 Å². The molecule has 6 nitrogen and oxygen atoms in total. The summed E-state index contributed by atoms with van der Waals surface area (Å²) < 4.78 is 1.74. The van der Waals surface area contributed by atoms with Gasteiger partial charge in [0.05, 0.1) is 21.3 Å². The average Bonchev–Trinajstić information content (AvgIpc) is 3.22. The van der Waals surface area contributed by atoms with Gasteiger partial charge in [-0.2, -0.15) is 5.10 Å². The van der Waals surface area contributed by atoms with Crippen molar-refractivity contribution in [2.24, 2.45) is 7.05 Å². The van der Waals surface area contributed by atoms with Crippen molar-refractivity contribution in [1.82, 2.24) is 20.1 Å². The van der Waals surface area contributed by atoms with E-state index in [9.17, 15) is 4.79 Å². The standard InChI is InChI=1S/C18H18Cl2N4O2/c1-24-5-4-14(23-24)11-7-12(19)17(20)18-16(11)10-6-9(21-15(26)8-25)2-3-13(10)22-18/h4-5,7,9,22,25H,2-3,6,8H2,1H3,(H,21,26). The van der Waals surface area contributed by atoms with Gasteiger partial charge in [-0.1, -0.05) is 23.2 Å². The molecule has 0 saturated heterocycles. The van der Waals surface area contributed by atoms with E-state index in [0.717, 1.165) is 46.3 Å². The Morgan fingerprint density at radius 2 is 2.31 bits per heavy atom. The van der Waals surface area contributed by atoms with E-state index in [0.29, 0.717) is 16.5 Å². The lowest BCUT2D eigenvalue weighted by Gasteiger charge is -2.23. The zero-order valence-corrected chi connectivity index (χ0v) is 15.7. The molecule has 26 heavy (non-hydrogen) atoms. The molecule has 1 aromatic carbocycles. The molecule has 0 fully saturated rings. The molecule has 136 valence electrons. The third kappa shape index (κ3) is 2.88. The van der Waals surface area contributed by atoms with E-state index >= 15 is 0 Å². The number of halogens is 2. The van der Waals surface area contributed by atoms with Crippen molar-refractivity contribution in [2.45, 2.75) is 25.3 Å². The maximum atomic E-state index is 11.6. The molecule has 4 rings (SSSR count). The van der Waals surface area contributed by atoms with Crippen LogP contribution in [0.15, 0.2) is 18.3 Å². The van der Waals surface area contributed by atoms with Crippen LogP contribution in [0.25, 0.3) is 22.2 Å². The Morgan fingerprint density at radius 3 is 3.00 bits per heavy atom. The number of amides is 1. The third-order valence-electron chi connectivity index (χ3n) is 4.85. The number of H-pyrrole nitrogens is 1. The zero-order chi connectivity index (χ0) is 18.4. The molecule has 3 aromatic rings. The lowest BCUT2D eigenvalue weighted by Crippen LogP contribution is -2.40. The third-order valence-corrected chi connectivity index (χ3v) is 5.64. The molecule has 3 N–H and O–H groups in total. The van der Waals surface area contributed by atoms with Crippen LogP contribution in [0.5, 0.6) is 0 Å². The highest BCUT2D eigenvalue weighted by Gasteiger charge is 2.27. The summed E-state index contributed by atoms with van der Waals surface area (Å²) in [5.41, 5.74) is 4.77. The number of nitrogens with one attached hydrogen (secondary N) is 2. The lowest BCUT2D eigenvalue weighted by molar-refractivity contribution is -0.124. The van der Waals surface area contributed by atoms with Gasteiger partial charge in [-0.05, 0) is 37.0 Å². The smallest absolute Gasteiger partial charge is 0.245 e. The van der Waals surface area contributed by atoms with Crippen molar-refractivity contribution >= 4 is 40.0 Å². The first-order chi connectivity index (χ1) is 12.5. The minimum absolute atomic E-state index is 0.0211. The monoisotopic (exact) mass is 392 g/mol. The number of hydrogen-bond acceptors (Lipinski definition) is 3. The Hall–Kier alpha value is -2.02. The first-order valence-corrected chi connectivity index (χ1v) is 9.15. The molecule has 8 heteroatoms. The van der Waals surface area contributed by atoms with Crippen LogP contribution in [0.4, 0.5) is 0 Å². The molecule has 1 atom stereocenters. The topological polar surface area (TPSA) is 82.9 Å². The second-order valence-electron chi connectivity index (χ2n) is 6.59. The summed E-state index contributed by atoms with van der Waals surface area (Å²) in [7, 11) is 1.87. The maximum Gasteiger partial charge on any atom is 0.245 e. The van der Waals surface area contributed by atoms with Crippen LogP contribution in [-0.2, 0) is 24.7 Å². The second-order valence-corrected chi connectivity index (χ2v) is 7.38. The van der Waals surface area contributed by atoms with Gasteiger partial charge < -0.3 is 15.4 Å². The number of nitrogens with zero attached hydrogens (tertiary/aromatic N) is 2. The number of benzene rings is 1. The molecule has 0 radical (unpaired) electrons. The molecule has 2 heterocycles. The fraction of sp³-hybridized carbons (Fsp3) is 0.333. The quantitative estimate of drug-likeness (QED) is 0.640. The van der Waals surface area contributed by atoms with Gasteiger partial charge in [0.1, 0.15) is 6.61 Å². The van der Waals surface area contributed by atoms with E-state index in [-0.39, 0.29) is 11.9 Å². The summed E-state index contributed by atoms with van der Waals surface area (Å²) in [4.78, 5) is 15.0. The molecular formula is C18H18Cl2N4O2. The first-order valence-electron chi connectivity index (χ1n) is 8.39. The summed E-state index contributed by atoms with van der Waals surface area (Å²) in [6, 6.07) is 3.76. The highest BCUT2D eigenvalue weighted by atomic mass is 35.5. The zero-order valence-electron chi connectivity index (χ0n) is 14.1. The SMILES string of the molecule is Cn1ccc(-c2cc(Cl)c(Cl)c3[nH]c4c(c23)CC(NC(=O)CO)CC4)n1. The van der Waals surface area contributed by atoms with Gasteiger partial charge in [-0.15, -0.1) is 0 Å². The number of aromatic nitrogens is 3. The van der Waals surface area contributed by atoms with Gasteiger partial charge in [0.15, 0.2) is 0 Å². The molecule has 1 amide bonds. The number of rotatable bonds is 3. The molecule has 0 spiro atoms. The van der Waals surface area contributed by atoms with Gasteiger partial charge in [0.25, 0.3) is 0 Å². The van der Waals surface area contributed by atoms with Crippen LogP contribution < -0.4 is 5.32 Å². The fourth-order valence-electron chi connectivity index (χ4n) is 3.70. The highest BCUT2D eigenvalue weighted by Crippen LogP contribution is 2.42. The Morgan fingerprint density at radius 1 is 1.50 bits per heavy atom. The van der Waals surface area contributed by atoms with Gasteiger partial charge >= 0.3 is 0 Å². The number of carbonyl (C=O) groups is 1. The molecular weight excluding hydrogens is 375 g/mol. The van der Waals surface area contributed by atoms with Crippen molar-refractivity contribution in [3.8, 4) is 11.3 Å². The molecule has 2 aromatic heterocycles. The van der Waals surface area contributed by atoms with Crippen molar-refractivity contribution < 1.29 is 9.90 Å². The number of aromatic amines is 1. The van der Waals surface area contributed by atoms with Crippen LogP contribution in [0.1, 0.15) is 17.7 Å². The Labute approximate surface area is 160 Å². The molecule has 0 bridgehead atoms. The van der Waals surface area contributed by atoms with E-state index in [1.54, 1.807) is 4.68 Å². The Balaban J connectivity index is 1.87. The van der Waals surface area contributed by atoms with E-state index in [2.05, 4.69) is 15.4 Å². The predicted molar refractivity (Wildman–Crippen MR) is 102 cm³/mol. The normalized spacial score (nSPS) is 16.7. The summed E-state index contributed by atoms with van der Waals surface area (Å²) in [6.45, 7) is -0.502. The van der Waals surface area contributed by atoms with Gasteiger partial charge in [-0.3, -0.25) is 9.48 Å². The number of carbonyl (C=O) groups excluding carboxylic acids is 1. The Bertz CT molecular complexity index is 1010. The number of aliphatic hydroxyl groups is 1. The van der Waals surface area contributed by atoms with Gasteiger partial charge in [-0.25, -0.2) is 0 Å². The van der Waals surface area contributed by atoms with Crippen molar-refractivity contribution in [2.75, 3.05) is 6.61 Å². The molecule has 1 aliphatic carbocycles. The first kappa shape index (κ1) is 17.4. The second kappa shape index (κ2) is 6.61. The molecule has 0 aliphatic heterocycles. The Kier molecular flexibility index (Phi) is 4.42. The number of fused-ring (bicyclic) bond motifs is 3. The summed E-state index contributed by atoms with van der Waals surface area (Å²) in [5, 5.41) is 18.3. The molecule has 0 saturated carbocycles. The summed E-state index contributed by atoms with van der Waals surface area (Å²) in [6.07, 6.45) is 4.14. The summed E-state index contributed by atoms with van der Waals surface area (Å²) >= 11 is 12.8. The van der Waals surface area contributed by atoms with Crippen molar-refractivity contribution in [3.63, 3.8) is 0 Å². The number of aryl methyl sites for hydroxylation is 2. The lowest BCUT2D eigenvalue weighted by atomic mass is 9.89. The van der Waals surface area contributed by atoms with Crippen LogP contribution in [-0.4, -0.2) is 38.4 Å². The largest absolute Gasteiger partial charge is 0.387 e. The molecule has 1 unspecified atom stereocenters. The van der Waals surface area contributed by atoms with Gasteiger partial charge in [0, 0.05) is 35.9 Å². The van der Waals surface area contributed by atoms with Gasteiger partial charge in [0.2, 0.25) is 5.91 Å². The highest BCUT2D eigenvalue weighted by molar-refractivity contribution is 6.45. The minimum atomic E-state index is -0.502. The van der Waals surface area contributed by atoms with Crippen LogP contribution >= 0.6 is 23.2 Å². The maximum absolute atomic E-state index is 11.6. The van der Waals surface area contributed by atoms with Crippen molar-refractivity contribution in [1.29, 1.82) is 0 Å². The average molecular weight is 393 g/mol. The van der Waals surface area contributed by atoms with Crippen LogP contribution in [0.3, 0.4) is 0 Å². The minimum Gasteiger partial charge on any atom is -0.387 e. The van der Waals surface area contributed by atoms with E-state index in [4.69, 9.17) is 28.3 Å². The van der Waals surface area contributed by atoms with E-state index in [1.807, 2.05) is 25.4 Å². The predicted octanol–water partition coefficient (Wildman–Crippen LogP) is 2.84. The summed E-state index contributed by atoms with van der Waals surface area (Å²) in [5.74, 6) is -0.357. The number of hydrogen-bond donors (Lipinski definition) is 3. The number of aliphatic hydroxyl groups excluding tert-OH is 1. The van der Waals surface area contributed by atoms with Crippen molar-refractivity contribution in [3.05, 3.63) is 39.6 Å².